The van der Waals surface area contributed by atoms with E-state index in [4.69, 9.17) is 4.74 Å². The minimum atomic E-state index is -3.17. The van der Waals surface area contributed by atoms with Crippen molar-refractivity contribution in [2.45, 2.75) is 40.2 Å². The topological polar surface area (TPSA) is 58.6 Å². The minimum absolute atomic E-state index is 0.198. The number of hydrogen-bond donors (Lipinski definition) is 1. The molecular formula is C13H30N2O3S. The molecule has 0 spiro atoms. The Morgan fingerprint density at radius 3 is 2.32 bits per heavy atom. The Balaban J connectivity index is 4.34. The van der Waals surface area contributed by atoms with Crippen molar-refractivity contribution in [3.05, 3.63) is 0 Å². The second-order valence-corrected chi connectivity index (χ2v) is 7.61. The van der Waals surface area contributed by atoms with Crippen molar-refractivity contribution in [2.75, 3.05) is 39.1 Å². The number of nitrogens with zero attached hydrogens (tertiary/aromatic N) is 1. The first-order valence-electron chi connectivity index (χ1n) is 6.99. The molecule has 0 saturated carbocycles. The van der Waals surface area contributed by atoms with Gasteiger partial charge in [0.1, 0.15) is 0 Å². The smallest absolute Gasteiger partial charge is 0.214 e. The average Bonchev–Trinajstić information content (AvgIpc) is 2.29. The van der Waals surface area contributed by atoms with Gasteiger partial charge in [-0.25, -0.2) is 8.42 Å². The van der Waals surface area contributed by atoms with Crippen molar-refractivity contribution >= 4 is 10.0 Å². The Labute approximate surface area is 118 Å². The van der Waals surface area contributed by atoms with Crippen LogP contribution in [0.3, 0.4) is 0 Å². The SMILES string of the molecule is COCCN(CC(C)C)S(=O)(=O)CCCNC(C)C. The third-order valence-corrected chi connectivity index (χ3v) is 4.56. The largest absolute Gasteiger partial charge is 0.383 e. The molecule has 19 heavy (non-hydrogen) atoms. The molecule has 0 aromatic carbocycles. The van der Waals surface area contributed by atoms with Crippen molar-refractivity contribution in [2.24, 2.45) is 5.92 Å². The molecule has 0 heterocycles. The molecule has 0 aromatic heterocycles. The average molecular weight is 294 g/mol. The molecule has 0 rings (SSSR count). The van der Waals surface area contributed by atoms with E-state index in [1.54, 1.807) is 11.4 Å². The van der Waals surface area contributed by atoms with Gasteiger partial charge in [-0.3, -0.25) is 0 Å². The third-order valence-electron chi connectivity index (χ3n) is 2.64. The second-order valence-electron chi connectivity index (χ2n) is 5.52. The summed E-state index contributed by atoms with van der Waals surface area (Å²) in [7, 11) is -1.58. The maximum atomic E-state index is 12.3. The number of sulfonamides is 1. The molecule has 0 aromatic rings. The van der Waals surface area contributed by atoms with Crippen molar-refractivity contribution in [1.82, 2.24) is 9.62 Å². The summed E-state index contributed by atoms with van der Waals surface area (Å²) in [6.45, 7) is 10.3. The first kappa shape index (κ1) is 18.8. The van der Waals surface area contributed by atoms with Crippen LogP contribution in [0.4, 0.5) is 0 Å². The predicted octanol–water partition coefficient (Wildman–Crippen LogP) is 1.31. The molecular weight excluding hydrogens is 264 g/mol. The lowest BCUT2D eigenvalue weighted by Crippen LogP contribution is -2.39. The zero-order chi connectivity index (χ0) is 14.9. The second kappa shape index (κ2) is 9.69. The first-order chi connectivity index (χ1) is 8.79. The van der Waals surface area contributed by atoms with Crippen molar-refractivity contribution in [3.63, 3.8) is 0 Å². The van der Waals surface area contributed by atoms with E-state index in [9.17, 15) is 8.42 Å². The van der Waals surface area contributed by atoms with E-state index in [2.05, 4.69) is 19.2 Å². The van der Waals surface area contributed by atoms with Crippen LogP contribution >= 0.6 is 0 Å². The monoisotopic (exact) mass is 294 g/mol. The molecule has 0 atom stereocenters. The lowest BCUT2D eigenvalue weighted by atomic mass is 10.2. The van der Waals surface area contributed by atoms with E-state index >= 15 is 0 Å². The van der Waals surface area contributed by atoms with Crippen LogP contribution in [0.1, 0.15) is 34.1 Å². The molecule has 5 nitrogen and oxygen atoms in total. The molecule has 0 aliphatic carbocycles. The van der Waals surface area contributed by atoms with Crippen LogP contribution in [0.15, 0.2) is 0 Å². The van der Waals surface area contributed by atoms with E-state index in [1.807, 2.05) is 13.8 Å². The summed E-state index contributed by atoms with van der Waals surface area (Å²) in [6, 6.07) is 0.392. The number of hydrogen-bond acceptors (Lipinski definition) is 4. The van der Waals surface area contributed by atoms with E-state index in [0.29, 0.717) is 38.1 Å². The summed E-state index contributed by atoms with van der Waals surface area (Å²) in [4.78, 5) is 0. The molecule has 1 N–H and O–H groups in total. The van der Waals surface area contributed by atoms with Crippen LogP contribution in [-0.2, 0) is 14.8 Å². The molecule has 0 unspecified atom stereocenters. The molecule has 0 fully saturated rings. The van der Waals surface area contributed by atoms with Gasteiger partial charge in [0.25, 0.3) is 0 Å². The van der Waals surface area contributed by atoms with Gasteiger partial charge in [-0.05, 0) is 18.9 Å². The zero-order valence-corrected chi connectivity index (χ0v) is 13.8. The van der Waals surface area contributed by atoms with Crippen LogP contribution in [0, 0.1) is 5.92 Å². The number of rotatable bonds is 11. The van der Waals surface area contributed by atoms with Crippen LogP contribution in [0.25, 0.3) is 0 Å². The van der Waals surface area contributed by atoms with E-state index in [1.165, 1.54) is 0 Å². The molecule has 0 aliphatic rings. The summed E-state index contributed by atoms with van der Waals surface area (Å²) in [5, 5.41) is 3.23. The summed E-state index contributed by atoms with van der Waals surface area (Å²) >= 11 is 0. The van der Waals surface area contributed by atoms with Gasteiger partial charge in [-0.1, -0.05) is 27.7 Å². The summed E-state index contributed by atoms with van der Waals surface area (Å²) in [5.41, 5.74) is 0. The van der Waals surface area contributed by atoms with E-state index < -0.39 is 10.0 Å². The van der Waals surface area contributed by atoms with Gasteiger partial charge in [0.2, 0.25) is 10.0 Å². The Morgan fingerprint density at radius 1 is 1.21 bits per heavy atom. The van der Waals surface area contributed by atoms with Gasteiger partial charge in [0.15, 0.2) is 0 Å². The van der Waals surface area contributed by atoms with E-state index in [0.717, 1.165) is 6.54 Å². The normalized spacial score (nSPS) is 12.8. The van der Waals surface area contributed by atoms with Gasteiger partial charge < -0.3 is 10.1 Å². The maximum absolute atomic E-state index is 12.3. The fourth-order valence-corrected chi connectivity index (χ4v) is 3.36. The summed E-state index contributed by atoms with van der Waals surface area (Å²) in [6.07, 6.45) is 0.641. The summed E-state index contributed by atoms with van der Waals surface area (Å²) in [5.74, 6) is 0.517. The first-order valence-corrected chi connectivity index (χ1v) is 8.60. The summed E-state index contributed by atoms with van der Waals surface area (Å²) < 4.78 is 31.1. The van der Waals surface area contributed by atoms with Crippen LogP contribution in [0.2, 0.25) is 0 Å². The van der Waals surface area contributed by atoms with Crippen LogP contribution in [0.5, 0.6) is 0 Å². The Morgan fingerprint density at radius 2 is 1.84 bits per heavy atom. The number of nitrogens with one attached hydrogen (secondary N) is 1. The van der Waals surface area contributed by atoms with Gasteiger partial charge in [-0.15, -0.1) is 0 Å². The predicted molar refractivity (Wildman–Crippen MR) is 79.8 cm³/mol. The lowest BCUT2D eigenvalue weighted by molar-refractivity contribution is 0.175. The molecule has 0 radical (unpaired) electrons. The molecule has 6 heteroatoms. The highest BCUT2D eigenvalue weighted by Gasteiger charge is 2.22. The van der Waals surface area contributed by atoms with Crippen molar-refractivity contribution < 1.29 is 13.2 Å². The quantitative estimate of drug-likeness (QED) is 0.584. The van der Waals surface area contributed by atoms with Gasteiger partial charge >= 0.3 is 0 Å². The highest BCUT2D eigenvalue weighted by atomic mass is 32.2. The van der Waals surface area contributed by atoms with Crippen molar-refractivity contribution in [3.8, 4) is 0 Å². The fraction of sp³-hybridized carbons (Fsp3) is 1.00. The van der Waals surface area contributed by atoms with Crippen LogP contribution < -0.4 is 5.32 Å². The minimum Gasteiger partial charge on any atom is -0.383 e. The number of methoxy groups -OCH3 is 1. The molecule has 0 bridgehead atoms. The maximum Gasteiger partial charge on any atom is 0.214 e. The Hall–Kier alpha value is -0.170. The fourth-order valence-electron chi connectivity index (χ4n) is 1.72. The zero-order valence-electron chi connectivity index (χ0n) is 13.0. The molecule has 0 aliphatic heterocycles. The third kappa shape index (κ3) is 9.38. The highest BCUT2D eigenvalue weighted by Crippen LogP contribution is 2.07. The molecule has 0 amide bonds. The molecule has 116 valence electrons. The van der Waals surface area contributed by atoms with Crippen molar-refractivity contribution in [1.29, 1.82) is 0 Å². The standard InChI is InChI=1S/C13H30N2O3S/c1-12(2)11-15(8-9-18-5)19(16,17)10-6-7-14-13(3)4/h12-14H,6-11H2,1-5H3. The van der Waals surface area contributed by atoms with E-state index in [-0.39, 0.29) is 5.75 Å². The van der Waals surface area contributed by atoms with Gasteiger partial charge in [0, 0.05) is 26.2 Å². The van der Waals surface area contributed by atoms with Gasteiger partial charge in [-0.2, -0.15) is 4.31 Å². The molecule has 0 saturated heterocycles. The van der Waals surface area contributed by atoms with Crippen LogP contribution in [-0.4, -0.2) is 57.9 Å². The number of ether oxygens (including phenoxy) is 1. The lowest BCUT2D eigenvalue weighted by Gasteiger charge is -2.23. The van der Waals surface area contributed by atoms with Gasteiger partial charge in [0.05, 0.1) is 12.4 Å². The highest BCUT2D eigenvalue weighted by molar-refractivity contribution is 7.89. The Bertz CT molecular complexity index is 316. The Kier molecular flexibility index (Phi) is 9.60.